The second kappa shape index (κ2) is 12.0. The molecule has 2 fully saturated rings. The molecule has 1 heterocycles. The Labute approximate surface area is 231 Å². The zero-order valence-electron chi connectivity index (χ0n) is 22.8. The number of rotatable bonds is 9. The van der Waals surface area contributed by atoms with Crippen LogP contribution in [0, 0.1) is 17.3 Å². The zero-order chi connectivity index (χ0) is 27.3. The molecule has 39 heavy (non-hydrogen) atoms. The Balaban J connectivity index is 1.15. The van der Waals surface area contributed by atoms with Crippen LogP contribution >= 0.6 is 0 Å². The van der Waals surface area contributed by atoms with Gasteiger partial charge in [-0.1, -0.05) is 48.6 Å². The lowest BCUT2D eigenvalue weighted by atomic mass is 9.77. The number of nitrogens with one attached hydrogen (secondary N) is 3. The number of sulfonamides is 1. The summed E-state index contributed by atoms with van der Waals surface area (Å²) in [6.07, 6.45) is 11.3. The van der Waals surface area contributed by atoms with Gasteiger partial charge in [-0.15, -0.1) is 0 Å². The quantitative estimate of drug-likeness (QED) is 0.403. The molecule has 208 valence electrons. The van der Waals surface area contributed by atoms with E-state index in [2.05, 4.69) is 40.5 Å². The molecule has 0 aromatic heterocycles. The van der Waals surface area contributed by atoms with Crippen molar-refractivity contribution in [3.63, 3.8) is 0 Å². The number of fused-ring (bicyclic) bond motifs is 2. The minimum absolute atomic E-state index is 0.209. The smallest absolute Gasteiger partial charge is 0.241 e. The molecule has 1 saturated carbocycles. The van der Waals surface area contributed by atoms with Crippen molar-refractivity contribution >= 4 is 32.6 Å². The van der Waals surface area contributed by atoms with E-state index in [-0.39, 0.29) is 5.41 Å². The van der Waals surface area contributed by atoms with Crippen LogP contribution in [0.2, 0.25) is 0 Å². The highest BCUT2D eigenvalue weighted by Crippen LogP contribution is 2.36. The molecule has 9 heteroatoms. The van der Waals surface area contributed by atoms with Gasteiger partial charge in [0.25, 0.3) is 0 Å². The number of aliphatic imine (C=N–C) groups is 2. The maximum Gasteiger partial charge on any atom is 0.241 e. The van der Waals surface area contributed by atoms with Crippen molar-refractivity contribution in [1.29, 1.82) is 0 Å². The lowest BCUT2D eigenvalue weighted by molar-refractivity contribution is 0.207. The summed E-state index contributed by atoms with van der Waals surface area (Å²) in [6.45, 7) is 4.58. The van der Waals surface area contributed by atoms with Gasteiger partial charge in [-0.25, -0.2) is 13.1 Å². The van der Waals surface area contributed by atoms with Crippen molar-refractivity contribution < 1.29 is 13.2 Å². The van der Waals surface area contributed by atoms with Gasteiger partial charge in [-0.3, -0.25) is 9.98 Å². The number of guanidine groups is 1. The van der Waals surface area contributed by atoms with Crippen LogP contribution in [-0.4, -0.2) is 53.6 Å². The SMILES string of the molecule is COCCN=C1NC(=NCC2CCC(CNS(=O)(=O)c3cccc4ccccc34)CC2)NC2=CC=CCC21C. The van der Waals surface area contributed by atoms with Crippen molar-refractivity contribution in [1.82, 2.24) is 15.4 Å². The molecule has 2 aromatic carbocycles. The standard InChI is InChI=1S/C30H39N5O3S/c1-30-17-6-5-12-27(30)34-29(35-28(30)31-18-19-38-2)32-20-22-13-15-23(16-14-22)21-33-39(36,37)26-11-7-9-24-8-3-4-10-25(24)26/h3-12,22-23,33H,13-21H2,1-2H3,(H2,31,32,34,35). The number of hydrogen-bond acceptors (Lipinski definition) is 5. The molecule has 0 bridgehead atoms. The van der Waals surface area contributed by atoms with Gasteiger partial charge in [0, 0.05) is 31.3 Å². The molecule has 5 rings (SSSR count). The Hall–Kier alpha value is -3.01. The summed E-state index contributed by atoms with van der Waals surface area (Å²) in [4.78, 5) is 10.0. The molecular weight excluding hydrogens is 510 g/mol. The Morgan fingerprint density at radius 2 is 1.79 bits per heavy atom. The first-order valence-electron chi connectivity index (χ1n) is 13.9. The summed E-state index contributed by atoms with van der Waals surface area (Å²) in [6, 6.07) is 13.0. The number of hydrogen-bond donors (Lipinski definition) is 3. The third-order valence-corrected chi connectivity index (χ3v) is 9.65. The van der Waals surface area contributed by atoms with Gasteiger partial charge < -0.3 is 15.4 Å². The van der Waals surface area contributed by atoms with E-state index in [1.54, 1.807) is 19.2 Å². The third-order valence-electron chi connectivity index (χ3n) is 8.17. The van der Waals surface area contributed by atoms with E-state index in [9.17, 15) is 8.42 Å². The Bertz CT molecular complexity index is 1400. The maximum absolute atomic E-state index is 13.1. The number of methoxy groups -OCH3 is 1. The lowest BCUT2D eigenvalue weighted by Gasteiger charge is -2.40. The molecule has 3 N–H and O–H groups in total. The summed E-state index contributed by atoms with van der Waals surface area (Å²) in [5, 5.41) is 8.62. The molecule has 3 aliphatic rings. The van der Waals surface area contributed by atoms with Crippen molar-refractivity contribution in [2.45, 2.75) is 43.9 Å². The molecule has 1 atom stereocenters. The topological polar surface area (TPSA) is 104 Å². The second-order valence-electron chi connectivity index (χ2n) is 10.9. The molecule has 0 radical (unpaired) electrons. The van der Waals surface area contributed by atoms with Gasteiger partial charge in [-0.05, 0) is 68.4 Å². The van der Waals surface area contributed by atoms with E-state index in [4.69, 9.17) is 14.7 Å². The lowest BCUT2D eigenvalue weighted by Crippen LogP contribution is -2.57. The fourth-order valence-corrected chi connectivity index (χ4v) is 7.03. The Morgan fingerprint density at radius 1 is 1.03 bits per heavy atom. The highest BCUT2D eigenvalue weighted by Gasteiger charge is 2.40. The highest BCUT2D eigenvalue weighted by molar-refractivity contribution is 7.89. The number of ether oxygens (including phenoxy) is 1. The number of nitrogens with zero attached hydrogens (tertiary/aromatic N) is 2. The molecule has 1 unspecified atom stereocenters. The minimum Gasteiger partial charge on any atom is -0.383 e. The minimum atomic E-state index is -3.57. The Morgan fingerprint density at radius 3 is 2.62 bits per heavy atom. The third kappa shape index (κ3) is 6.26. The highest BCUT2D eigenvalue weighted by atomic mass is 32.2. The Kier molecular flexibility index (Phi) is 8.49. The van der Waals surface area contributed by atoms with Crippen LogP contribution in [0.4, 0.5) is 0 Å². The van der Waals surface area contributed by atoms with Crippen LogP contribution in [0.1, 0.15) is 39.0 Å². The van der Waals surface area contributed by atoms with Crippen LogP contribution in [-0.2, 0) is 14.8 Å². The number of benzene rings is 2. The van der Waals surface area contributed by atoms with Gasteiger partial charge in [0.1, 0.15) is 5.84 Å². The fourth-order valence-electron chi connectivity index (χ4n) is 5.69. The summed E-state index contributed by atoms with van der Waals surface area (Å²) >= 11 is 0. The molecular formula is C30H39N5O3S. The van der Waals surface area contributed by atoms with Gasteiger partial charge >= 0.3 is 0 Å². The van der Waals surface area contributed by atoms with Gasteiger partial charge in [0.05, 0.1) is 23.5 Å². The van der Waals surface area contributed by atoms with E-state index in [0.717, 1.165) is 66.9 Å². The van der Waals surface area contributed by atoms with E-state index in [1.807, 2.05) is 30.3 Å². The predicted molar refractivity (Wildman–Crippen MR) is 157 cm³/mol. The summed E-state index contributed by atoms with van der Waals surface area (Å²) in [5.74, 6) is 2.49. The molecule has 1 saturated heterocycles. The molecule has 0 amide bonds. The predicted octanol–water partition coefficient (Wildman–Crippen LogP) is 4.37. The molecule has 8 nitrogen and oxygen atoms in total. The molecule has 2 aliphatic carbocycles. The van der Waals surface area contributed by atoms with Gasteiger partial charge in [0.15, 0.2) is 0 Å². The van der Waals surface area contributed by atoms with Crippen LogP contribution in [0.15, 0.2) is 81.3 Å². The number of amidine groups is 1. The first kappa shape index (κ1) is 27.6. The van der Waals surface area contributed by atoms with Crippen molar-refractivity contribution in [2.24, 2.45) is 27.2 Å². The summed E-state index contributed by atoms with van der Waals surface area (Å²) in [7, 11) is -1.88. The largest absolute Gasteiger partial charge is 0.383 e. The van der Waals surface area contributed by atoms with Crippen molar-refractivity contribution in [2.75, 3.05) is 33.4 Å². The summed E-state index contributed by atoms with van der Waals surface area (Å²) in [5.41, 5.74) is 0.903. The van der Waals surface area contributed by atoms with E-state index in [1.165, 1.54) is 0 Å². The molecule has 2 aromatic rings. The van der Waals surface area contributed by atoms with Crippen LogP contribution < -0.4 is 15.4 Å². The maximum atomic E-state index is 13.1. The first-order valence-corrected chi connectivity index (χ1v) is 15.3. The van der Waals surface area contributed by atoms with Crippen LogP contribution in [0.5, 0.6) is 0 Å². The average molecular weight is 550 g/mol. The van der Waals surface area contributed by atoms with Gasteiger partial charge in [0.2, 0.25) is 16.0 Å². The van der Waals surface area contributed by atoms with E-state index in [0.29, 0.717) is 36.4 Å². The zero-order valence-corrected chi connectivity index (χ0v) is 23.6. The van der Waals surface area contributed by atoms with Crippen LogP contribution in [0.3, 0.4) is 0 Å². The summed E-state index contributed by atoms with van der Waals surface area (Å²) < 4.78 is 34.3. The second-order valence-corrected chi connectivity index (χ2v) is 12.7. The fraction of sp³-hybridized carbons (Fsp3) is 0.467. The van der Waals surface area contributed by atoms with Gasteiger partial charge in [-0.2, -0.15) is 0 Å². The van der Waals surface area contributed by atoms with Crippen molar-refractivity contribution in [3.8, 4) is 0 Å². The molecule has 0 spiro atoms. The monoisotopic (exact) mass is 549 g/mol. The normalized spacial score (nSPS) is 27.2. The van der Waals surface area contributed by atoms with Crippen molar-refractivity contribution in [3.05, 3.63) is 66.4 Å². The molecule has 1 aliphatic heterocycles. The number of allylic oxidation sites excluding steroid dienone is 3. The van der Waals surface area contributed by atoms with Crippen LogP contribution in [0.25, 0.3) is 10.8 Å². The average Bonchev–Trinajstić information content (AvgIpc) is 2.95. The van der Waals surface area contributed by atoms with E-state index < -0.39 is 10.0 Å². The first-order chi connectivity index (χ1) is 18.9. The van der Waals surface area contributed by atoms with E-state index >= 15 is 0 Å².